The molecule has 0 atom stereocenters. The highest BCUT2D eigenvalue weighted by Crippen LogP contribution is 2.44. The predicted octanol–water partition coefficient (Wildman–Crippen LogP) is 5.88. The lowest BCUT2D eigenvalue weighted by Gasteiger charge is -2.64. The van der Waals surface area contributed by atoms with Crippen LogP contribution in [-0.4, -0.2) is 36.5 Å². The van der Waals surface area contributed by atoms with Crippen molar-refractivity contribution in [2.24, 2.45) is 0 Å². The first-order valence-electron chi connectivity index (χ1n) is 8.06. The van der Waals surface area contributed by atoms with Crippen LogP contribution in [0.15, 0.2) is 0 Å². The largest absolute Gasteiger partial charge is 0.0720 e. The van der Waals surface area contributed by atoms with Crippen LogP contribution in [0, 0.1) is 0 Å². The minimum Gasteiger partial charge on any atom is -0.0720 e. The topological polar surface area (TPSA) is 0 Å². The molecule has 0 heterocycles. The van der Waals surface area contributed by atoms with Crippen molar-refractivity contribution in [2.75, 3.05) is 0 Å². The van der Waals surface area contributed by atoms with Crippen molar-refractivity contribution < 1.29 is 0 Å². The molecule has 0 bridgehead atoms. The van der Waals surface area contributed by atoms with E-state index in [1.165, 1.54) is 6.42 Å². The normalized spacial score (nSPS) is 15.8. The Labute approximate surface area is 128 Å². The summed E-state index contributed by atoms with van der Waals surface area (Å²) in [7, 11) is -4.23. The Bertz CT molecular complexity index is 265. The lowest BCUT2D eigenvalue weighted by atomic mass is 10.6. The van der Waals surface area contributed by atoms with Gasteiger partial charge in [-0.15, -0.1) is 0 Å². The first kappa shape index (κ1) is 20.1. The molecule has 0 saturated carbocycles. The molecule has 0 saturated heterocycles. The summed E-state index contributed by atoms with van der Waals surface area (Å²) in [6, 6.07) is 1.60. The lowest BCUT2D eigenvalue weighted by molar-refractivity contribution is 1.06. The lowest BCUT2D eigenvalue weighted by Crippen LogP contribution is -2.92. The van der Waals surface area contributed by atoms with E-state index >= 15 is 0 Å². The summed E-state index contributed by atoms with van der Waals surface area (Å²) in [5.41, 5.74) is 0. The summed E-state index contributed by atoms with van der Waals surface area (Å²) in [4.78, 5) is 0. The van der Waals surface area contributed by atoms with E-state index in [9.17, 15) is 0 Å². The molecule has 0 aromatic carbocycles. The van der Waals surface area contributed by atoms with E-state index in [0.717, 1.165) is 0 Å². The van der Waals surface area contributed by atoms with E-state index in [1.807, 2.05) is 0 Å². The molecule has 19 heavy (non-hydrogen) atoms. The maximum Gasteiger partial charge on any atom is 0.0344 e. The maximum absolute atomic E-state index is 2.80. The van der Waals surface area contributed by atoms with Crippen LogP contribution in [0.25, 0.3) is 0 Å². The fourth-order valence-corrected chi connectivity index (χ4v) is 181. The van der Waals surface area contributed by atoms with E-state index in [2.05, 4.69) is 78.9 Å². The van der Waals surface area contributed by atoms with Crippen molar-refractivity contribution in [2.45, 2.75) is 91.4 Å². The molecular weight excluding hydrogens is 309 g/mol. The van der Waals surface area contributed by atoms with Gasteiger partial charge in [-0.1, -0.05) is 91.4 Å². The van der Waals surface area contributed by atoms with Crippen LogP contribution in [-0.2, 0) is 0 Å². The van der Waals surface area contributed by atoms with Gasteiger partial charge in [-0.3, -0.25) is 0 Å². The highest BCUT2D eigenvalue weighted by molar-refractivity contribution is 8.06. The van der Waals surface area contributed by atoms with Gasteiger partial charge >= 0.3 is 0 Å². The highest BCUT2D eigenvalue weighted by Gasteiger charge is 2.68. The third-order valence-electron chi connectivity index (χ3n) is 5.27. The van der Waals surface area contributed by atoms with Crippen LogP contribution >= 0.6 is 0 Å². The quantitative estimate of drug-likeness (QED) is 0.525. The summed E-state index contributed by atoms with van der Waals surface area (Å²) in [6.07, 6.45) is 0.331. The van der Waals surface area contributed by atoms with Crippen molar-refractivity contribution in [1.82, 2.24) is 0 Å². The molecular formula is C14H40Si5. The van der Waals surface area contributed by atoms with Gasteiger partial charge in [0.2, 0.25) is 0 Å². The molecule has 116 valence electrons. The Morgan fingerprint density at radius 2 is 0.789 bits per heavy atom. The second-order valence-corrected chi connectivity index (χ2v) is 65.0. The molecule has 0 aliphatic heterocycles. The van der Waals surface area contributed by atoms with Gasteiger partial charge in [-0.25, -0.2) is 0 Å². The molecule has 0 aliphatic carbocycles. The number of hydrogen-bond donors (Lipinski definition) is 0. The monoisotopic (exact) mass is 348 g/mol. The Hall–Kier alpha value is 1.08. The summed E-state index contributed by atoms with van der Waals surface area (Å²) < 4.78 is 0. The minimum atomic E-state index is -1.09. The predicted molar refractivity (Wildman–Crippen MR) is 108 cm³/mol. The molecule has 5 heteroatoms. The third kappa shape index (κ3) is 3.30. The Kier molecular flexibility index (Phi) is 6.03. The fraction of sp³-hybridized carbons (Fsp3) is 1.00. The van der Waals surface area contributed by atoms with Crippen molar-refractivity contribution in [3.05, 3.63) is 0 Å². The second kappa shape index (κ2) is 5.70. The van der Waals surface area contributed by atoms with Gasteiger partial charge in [-0.05, 0) is 0 Å². The van der Waals surface area contributed by atoms with Crippen molar-refractivity contribution in [3.63, 3.8) is 0 Å². The standard InChI is InChI=1S/C14H40Si5/c1-13-14-18(11,12)19(15(2,3)4,16(5,6)7)17(8,9)10/h13-14H2,1-12H3. The van der Waals surface area contributed by atoms with Gasteiger partial charge in [-0.2, -0.15) is 0 Å². The van der Waals surface area contributed by atoms with Gasteiger partial charge < -0.3 is 0 Å². The summed E-state index contributed by atoms with van der Waals surface area (Å²) in [6.45, 7) is 32.8. The SMILES string of the molecule is CCC[Si](C)(C)[Si]([Si](C)(C)C)([Si](C)(C)C)[Si](C)(C)C. The van der Waals surface area contributed by atoms with E-state index in [0.29, 0.717) is 0 Å². The molecule has 0 spiro atoms. The maximum atomic E-state index is 2.80. The summed E-state index contributed by atoms with van der Waals surface area (Å²) in [5, 5.41) is 0. The van der Waals surface area contributed by atoms with E-state index in [4.69, 9.17) is 0 Å². The molecule has 0 fully saturated rings. The van der Waals surface area contributed by atoms with Crippen molar-refractivity contribution in [3.8, 4) is 0 Å². The molecule has 0 aliphatic rings. The molecule has 0 amide bonds. The number of hydrogen-bond acceptors (Lipinski definition) is 0. The molecule has 0 N–H and O–H groups in total. The third-order valence-corrected chi connectivity index (χ3v) is 122. The van der Waals surface area contributed by atoms with E-state index in [1.54, 1.807) is 6.04 Å². The zero-order valence-electron chi connectivity index (χ0n) is 15.9. The molecule has 0 radical (unpaired) electrons. The summed E-state index contributed by atoms with van der Waals surface area (Å²) >= 11 is 0. The Balaban J connectivity index is 6.44. The Morgan fingerprint density at radius 3 is 0.947 bits per heavy atom. The van der Waals surface area contributed by atoms with E-state index in [-0.39, 0.29) is 0 Å². The van der Waals surface area contributed by atoms with Crippen LogP contribution in [0.2, 0.25) is 78.1 Å². The zero-order valence-corrected chi connectivity index (χ0v) is 20.9. The van der Waals surface area contributed by atoms with Crippen LogP contribution < -0.4 is 0 Å². The first-order chi connectivity index (χ1) is 8.06. The van der Waals surface area contributed by atoms with Gasteiger partial charge in [0.25, 0.3) is 0 Å². The minimum absolute atomic E-state index is 1.06. The number of rotatable bonds is 6. The average molecular weight is 349 g/mol. The first-order valence-corrected chi connectivity index (χ1v) is 27.8. The van der Waals surface area contributed by atoms with Crippen LogP contribution in [0.3, 0.4) is 0 Å². The van der Waals surface area contributed by atoms with Crippen molar-refractivity contribution >= 4 is 36.5 Å². The highest BCUT2D eigenvalue weighted by atomic mass is 30.2. The molecule has 0 nitrogen and oxygen atoms in total. The molecule has 0 unspecified atom stereocenters. The molecule has 0 aromatic heterocycles. The van der Waals surface area contributed by atoms with E-state index < -0.39 is 36.5 Å². The second-order valence-electron chi connectivity index (χ2n) is 10.1. The summed E-state index contributed by atoms with van der Waals surface area (Å²) in [5.74, 6) is 0. The Morgan fingerprint density at radius 1 is 0.526 bits per heavy atom. The van der Waals surface area contributed by atoms with Gasteiger partial charge in [0, 0.05) is 36.5 Å². The van der Waals surface area contributed by atoms with Crippen molar-refractivity contribution in [1.29, 1.82) is 0 Å². The smallest absolute Gasteiger partial charge is 0.0344 e. The van der Waals surface area contributed by atoms with Gasteiger partial charge in [0.05, 0.1) is 0 Å². The van der Waals surface area contributed by atoms with Gasteiger partial charge in [0.15, 0.2) is 0 Å². The molecule has 0 rings (SSSR count). The van der Waals surface area contributed by atoms with Crippen LogP contribution in [0.5, 0.6) is 0 Å². The zero-order chi connectivity index (χ0) is 15.9. The van der Waals surface area contributed by atoms with Gasteiger partial charge in [0.1, 0.15) is 0 Å². The van der Waals surface area contributed by atoms with Crippen LogP contribution in [0.1, 0.15) is 13.3 Å². The molecule has 0 aromatic rings. The average Bonchev–Trinajstić information content (AvgIpc) is 1.91. The van der Waals surface area contributed by atoms with Crippen LogP contribution in [0.4, 0.5) is 0 Å². The fourth-order valence-electron chi connectivity index (χ4n) is 7.23.